The Morgan fingerprint density at radius 3 is 2.37 bits per heavy atom. The van der Waals surface area contributed by atoms with Crippen LogP contribution in [0.1, 0.15) is 33.7 Å². The van der Waals surface area contributed by atoms with Crippen LogP contribution in [-0.4, -0.2) is 69.7 Å². The molecule has 1 saturated heterocycles. The number of rotatable bonds is 8. The smallest absolute Gasteiger partial charge is 0.271 e. The third-order valence-electron chi connectivity index (χ3n) is 6.26. The molecule has 11 nitrogen and oxygen atoms in total. The van der Waals surface area contributed by atoms with Gasteiger partial charge in [0.2, 0.25) is 0 Å². The number of primary amides is 1. The van der Waals surface area contributed by atoms with E-state index >= 15 is 0 Å². The van der Waals surface area contributed by atoms with Crippen molar-refractivity contribution in [2.75, 3.05) is 48.6 Å². The quantitative estimate of drug-likeness (QED) is 0.393. The van der Waals surface area contributed by atoms with Gasteiger partial charge in [-0.15, -0.1) is 0 Å². The number of amides is 2. The second-order valence-electron chi connectivity index (χ2n) is 9.41. The zero-order valence-corrected chi connectivity index (χ0v) is 22.3. The molecule has 0 spiro atoms. The molecule has 0 bridgehead atoms. The maximum atomic E-state index is 12.8. The van der Waals surface area contributed by atoms with Gasteiger partial charge in [0, 0.05) is 56.4 Å². The summed E-state index contributed by atoms with van der Waals surface area (Å²) in [6.45, 7) is 1.23. The summed E-state index contributed by atoms with van der Waals surface area (Å²) in [5.74, 6) is -0.200. The van der Waals surface area contributed by atoms with Gasteiger partial charge in [0.15, 0.2) is 21.3 Å². The fourth-order valence-corrected chi connectivity index (χ4v) is 4.83. The summed E-state index contributed by atoms with van der Waals surface area (Å²) in [6, 6.07) is 13.4. The van der Waals surface area contributed by atoms with Crippen LogP contribution >= 0.6 is 0 Å². The fourth-order valence-electron chi connectivity index (χ4n) is 4.20. The highest BCUT2D eigenvalue weighted by molar-refractivity contribution is 7.90. The number of hydrogen-bond donors (Lipinski definition) is 3. The van der Waals surface area contributed by atoms with E-state index in [2.05, 4.69) is 20.6 Å². The van der Waals surface area contributed by atoms with Crippen LogP contribution in [0.25, 0.3) is 0 Å². The number of nitrogens with one attached hydrogen (secondary N) is 2. The first-order valence-corrected chi connectivity index (χ1v) is 14.0. The zero-order chi connectivity index (χ0) is 27.4. The van der Waals surface area contributed by atoms with Gasteiger partial charge < -0.3 is 26.2 Å². The van der Waals surface area contributed by atoms with Gasteiger partial charge in [-0.1, -0.05) is 0 Å². The van der Waals surface area contributed by atoms with Gasteiger partial charge in [-0.2, -0.15) is 0 Å². The highest BCUT2D eigenvalue weighted by atomic mass is 32.2. The third kappa shape index (κ3) is 6.38. The maximum Gasteiger partial charge on any atom is 0.271 e. The van der Waals surface area contributed by atoms with E-state index in [1.54, 1.807) is 24.3 Å². The first kappa shape index (κ1) is 26.9. The lowest BCUT2D eigenvalue weighted by atomic mass is 10.0. The van der Waals surface area contributed by atoms with Crippen LogP contribution in [0.5, 0.6) is 0 Å². The molecule has 2 heterocycles. The Labute approximate surface area is 222 Å². The number of benzene rings is 2. The number of aromatic nitrogens is 2. The number of sulfone groups is 1. The lowest BCUT2D eigenvalue weighted by molar-refractivity contribution is 0.0932. The Morgan fingerprint density at radius 2 is 1.76 bits per heavy atom. The summed E-state index contributed by atoms with van der Waals surface area (Å²) in [5.41, 5.74) is 7.60. The molecule has 0 unspecified atom stereocenters. The van der Waals surface area contributed by atoms with Crippen LogP contribution in [-0.2, 0) is 9.84 Å². The van der Waals surface area contributed by atoms with Crippen LogP contribution in [0.3, 0.4) is 0 Å². The molecule has 0 saturated carbocycles. The highest BCUT2D eigenvalue weighted by Gasteiger charge is 2.24. The molecule has 4 rings (SSSR count). The van der Waals surface area contributed by atoms with Crippen LogP contribution in [0.4, 0.5) is 23.0 Å². The summed E-state index contributed by atoms with van der Waals surface area (Å²) in [6.07, 6.45) is 4.27. The number of carbonyl (C=O) groups is 2. The van der Waals surface area contributed by atoms with Crippen LogP contribution in [0.2, 0.25) is 0 Å². The Morgan fingerprint density at radius 1 is 1.08 bits per heavy atom. The molecule has 3 aromatic rings. The molecule has 0 aliphatic carbocycles. The minimum atomic E-state index is -3.34. The summed E-state index contributed by atoms with van der Waals surface area (Å²) in [5, 5.41) is 6.12. The minimum absolute atomic E-state index is 0.0380. The summed E-state index contributed by atoms with van der Waals surface area (Å²) >= 11 is 0. The molecule has 1 aromatic heterocycles. The molecule has 200 valence electrons. The molecule has 38 heavy (non-hydrogen) atoms. The maximum absolute atomic E-state index is 12.8. The van der Waals surface area contributed by atoms with E-state index < -0.39 is 15.7 Å². The van der Waals surface area contributed by atoms with Gasteiger partial charge in [-0.3, -0.25) is 9.59 Å². The van der Waals surface area contributed by atoms with Crippen molar-refractivity contribution in [1.29, 1.82) is 0 Å². The van der Waals surface area contributed by atoms with E-state index in [1.165, 1.54) is 18.3 Å². The number of hydrogen-bond acceptors (Lipinski definition) is 9. The lowest BCUT2D eigenvalue weighted by Gasteiger charge is -2.34. The molecule has 1 aliphatic heterocycles. The third-order valence-corrected chi connectivity index (χ3v) is 7.39. The van der Waals surface area contributed by atoms with Crippen LogP contribution in [0, 0.1) is 0 Å². The van der Waals surface area contributed by atoms with Crippen molar-refractivity contribution in [3.05, 3.63) is 66.0 Å². The van der Waals surface area contributed by atoms with Gasteiger partial charge in [0.25, 0.3) is 11.8 Å². The van der Waals surface area contributed by atoms with Gasteiger partial charge in [-0.25, -0.2) is 18.4 Å². The molecule has 1 fully saturated rings. The first-order chi connectivity index (χ1) is 18.0. The standard InChI is InChI=1S/C26H31N7O4S/c1-32(2)20-10-6-17(7-11-20)26(35)30-19-5-4-14-33(16-19)22-15-28-23(24(27)34)25(31-22)29-18-8-12-21(13-9-18)38(3,36)37/h6-13,15,19H,4-5,14,16H2,1-3H3,(H2,27,34)(H,29,31)(H,30,35)/t19-/m1/s1. The number of anilines is 4. The Balaban J connectivity index is 1.49. The molecular weight excluding hydrogens is 506 g/mol. The summed E-state index contributed by atoms with van der Waals surface area (Å²) in [7, 11) is 0.548. The Hall–Kier alpha value is -4.19. The van der Waals surface area contributed by atoms with E-state index in [4.69, 9.17) is 5.73 Å². The first-order valence-electron chi connectivity index (χ1n) is 12.1. The molecular formula is C26H31N7O4S. The Bertz CT molecular complexity index is 1420. The Kier molecular flexibility index (Phi) is 7.81. The molecule has 2 amide bonds. The number of nitrogens with zero attached hydrogens (tertiary/aromatic N) is 4. The second-order valence-corrected chi connectivity index (χ2v) is 11.4. The zero-order valence-electron chi connectivity index (χ0n) is 21.5. The average molecular weight is 538 g/mol. The molecule has 2 aromatic carbocycles. The van der Waals surface area contributed by atoms with Gasteiger partial charge in [0.05, 0.1) is 11.1 Å². The molecule has 1 aliphatic rings. The SMILES string of the molecule is CN(C)c1ccc(C(=O)N[C@@H]2CCCN(c3cnc(C(N)=O)c(Nc4ccc(S(C)(=O)=O)cc4)n3)C2)cc1. The van der Waals surface area contributed by atoms with E-state index in [9.17, 15) is 18.0 Å². The molecule has 12 heteroatoms. The number of piperidine rings is 1. The normalized spacial score (nSPS) is 15.6. The van der Waals surface area contributed by atoms with Crippen molar-refractivity contribution in [1.82, 2.24) is 15.3 Å². The monoisotopic (exact) mass is 537 g/mol. The van der Waals surface area contributed by atoms with Crippen molar-refractivity contribution in [2.45, 2.75) is 23.8 Å². The van der Waals surface area contributed by atoms with Crippen molar-refractivity contribution < 1.29 is 18.0 Å². The minimum Gasteiger partial charge on any atom is -0.378 e. The van der Waals surface area contributed by atoms with Crippen LogP contribution in [0.15, 0.2) is 59.6 Å². The van der Waals surface area contributed by atoms with E-state index in [-0.39, 0.29) is 28.4 Å². The largest absolute Gasteiger partial charge is 0.378 e. The van der Waals surface area contributed by atoms with Gasteiger partial charge in [-0.05, 0) is 61.4 Å². The predicted octanol–water partition coefficient (Wildman–Crippen LogP) is 2.19. The highest BCUT2D eigenvalue weighted by Crippen LogP contribution is 2.24. The molecule has 1 atom stereocenters. The molecule has 0 radical (unpaired) electrons. The van der Waals surface area contributed by atoms with Gasteiger partial charge in [0.1, 0.15) is 5.82 Å². The molecule has 4 N–H and O–H groups in total. The fraction of sp³-hybridized carbons (Fsp3) is 0.308. The van der Waals surface area contributed by atoms with E-state index in [0.717, 1.165) is 24.8 Å². The van der Waals surface area contributed by atoms with Crippen molar-refractivity contribution in [3.63, 3.8) is 0 Å². The predicted molar refractivity (Wildman–Crippen MR) is 147 cm³/mol. The topological polar surface area (TPSA) is 151 Å². The second kappa shape index (κ2) is 11.1. The average Bonchev–Trinajstić information content (AvgIpc) is 2.88. The van der Waals surface area contributed by atoms with Crippen molar-refractivity contribution >= 4 is 44.7 Å². The van der Waals surface area contributed by atoms with E-state index in [1.807, 2.05) is 36.0 Å². The summed E-state index contributed by atoms with van der Waals surface area (Å²) in [4.78, 5) is 37.8. The number of carbonyl (C=O) groups excluding carboxylic acids is 2. The van der Waals surface area contributed by atoms with Gasteiger partial charge >= 0.3 is 0 Å². The van der Waals surface area contributed by atoms with Crippen LogP contribution < -0.4 is 26.2 Å². The number of nitrogens with two attached hydrogens (primary N) is 1. The van der Waals surface area contributed by atoms with Crippen molar-refractivity contribution in [3.8, 4) is 0 Å². The van der Waals surface area contributed by atoms with Crippen molar-refractivity contribution in [2.24, 2.45) is 5.73 Å². The summed E-state index contributed by atoms with van der Waals surface area (Å²) < 4.78 is 23.5. The van der Waals surface area contributed by atoms with E-state index in [0.29, 0.717) is 30.2 Å². The lowest BCUT2D eigenvalue weighted by Crippen LogP contribution is -2.48.